The molecule has 1 aliphatic rings. The van der Waals surface area contributed by atoms with Crippen molar-refractivity contribution in [3.63, 3.8) is 0 Å². The molecule has 4 rings (SSSR count). The van der Waals surface area contributed by atoms with Crippen molar-refractivity contribution in [1.82, 2.24) is 4.90 Å². The standard InChI is InChI=1S/C23H22ClN/c24-22-21(19-12-6-2-7-13-19)17-25(16-18-10-4-1-5-11-18)23(22)20-14-8-3-9-15-20/h1-15,21-23H,16-17H2/t21-,22-,23-/m0/s1. The molecule has 3 aromatic carbocycles. The SMILES string of the molecule is Cl[C@H]1[C@H](c2ccccc2)CN(Cc2ccccc2)[C@H]1c1ccccc1. The van der Waals surface area contributed by atoms with E-state index in [0.717, 1.165) is 13.1 Å². The molecule has 0 bridgehead atoms. The minimum Gasteiger partial charge on any atom is -0.290 e. The van der Waals surface area contributed by atoms with E-state index in [1.807, 2.05) is 0 Å². The summed E-state index contributed by atoms with van der Waals surface area (Å²) in [5, 5.41) is 0.0634. The monoisotopic (exact) mass is 347 g/mol. The zero-order valence-corrected chi connectivity index (χ0v) is 14.9. The Morgan fingerprint density at radius 2 is 1.24 bits per heavy atom. The largest absolute Gasteiger partial charge is 0.290 e. The van der Waals surface area contributed by atoms with Crippen LogP contribution in [-0.2, 0) is 6.54 Å². The smallest absolute Gasteiger partial charge is 0.0613 e. The molecule has 3 aromatic rings. The van der Waals surface area contributed by atoms with Gasteiger partial charge in [0.1, 0.15) is 0 Å². The first kappa shape index (κ1) is 16.4. The lowest BCUT2D eigenvalue weighted by Crippen LogP contribution is -2.25. The highest BCUT2D eigenvalue weighted by Crippen LogP contribution is 2.44. The van der Waals surface area contributed by atoms with E-state index >= 15 is 0 Å². The predicted octanol–water partition coefficient (Wildman–Crippen LogP) is 5.63. The molecular formula is C23H22ClN. The van der Waals surface area contributed by atoms with Gasteiger partial charge in [0.2, 0.25) is 0 Å². The average Bonchev–Trinajstić information content (AvgIpc) is 3.00. The van der Waals surface area contributed by atoms with Crippen molar-refractivity contribution < 1.29 is 0 Å². The molecule has 126 valence electrons. The van der Waals surface area contributed by atoms with Crippen molar-refractivity contribution in [3.05, 3.63) is 108 Å². The van der Waals surface area contributed by atoms with Crippen LogP contribution in [0, 0.1) is 0 Å². The first-order valence-electron chi connectivity index (χ1n) is 8.85. The van der Waals surface area contributed by atoms with Gasteiger partial charge in [0.05, 0.1) is 11.4 Å². The molecule has 0 aliphatic carbocycles. The lowest BCUT2D eigenvalue weighted by atomic mass is 9.93. The number of alkyl halides is 1. The van der Waals surface area contributed by atoms with Crippen LogP contribution in [0.4, 0.5) is 0 Å². The van der Waals surface area contributed by atoms with Crippen molar-refractivity contribution in [1.29, 1.82) is 0 Å². The molecular weight excluding hydrogens is 326 g/mol. The average molecular weight is 348 g/mol. The summed E-state index contributed by atoms with van der Waals surface area (Å²) in [7, 11) is 0. The number of hydrogen-bond donors (Lipinski definition) is 0. The van der Waals surface area contributed by atoms with Gasteiger partial charge in [0, 0.05) is 19.0 Å². The van der Waals surface area contributed by atoms with Gasteiger partial charge >= 0.3 is 0 Å². The first-order valence-corrected chi connectivity index (χ1v) is 9.28. The molecule has 1 saturated heterocycles. The van der Waals surface area contributed by atoms with Crippen molar-refractivity contribution >= 4 is 11.6 Å². The maximum absolute atomic E-state index is 7.03. The minimum atomic E-state index is 0.0634. The molecule has 0 unspecified atom stereocenters. The molecule has 2 heteroatoms. The highest BCUT2D eigenvalue weighted by atomic mass is 35.5. The highest BCUT2D eigenvalue weighted by molar-refractivity contribution is 6.22. The van der Waals surface area contributed by atoms with Crippen molar-refractivity contribution in [2.45, 2.75) is 23.9 Å². The zero-order chi connectivity index (χ0) is 17.1. The van der Waals surface area contributed by atoms with E-state index in [1.54, 1.807) is 0 Å². The first-order chi connectivity index (χ1) is 12.3. The van der Waals surface area contributed by atoms with Crippen LogP contribution in [-0.4, -0.2) is 16.8 Å². The summed E-state index contributed by atoms with van der Waals surface area (Å²) in [6.45, 7) is 1.90. The summed E-state index contributed by atoms with van der Waals surface area (Å²) in [5.74, 6) is 0.344. The summed E-state index contributed by atoms with van der Waals surface area (Å²) in [5.41, 5.74) is 3.97. The molecule has 0 saturated carbocycles. The molecule has 0 spiro atoms. The lowest BCUT2D eigenvalue weighted by molar-refractivity contribution is 0.248. The van der Waals surface area contributed by atoms with Crippen LogP contribution in [0.5, 0.6) is 0 Å². The minimum absolute atomic E-state index is 0.0634. The quantitative estimate of drug-likeness (QED) is 0.552. The second-order valence-corrected chi connectivity index (χ2v) is 7.24. The van der Waals surface area contributed by atoms with Crippen LogP contribution in [0.1, 0.15) is 28.7 Å². The third-order valence-electron chi connectivity index (χ3n) is 5.11. The number of rotatable bonds is 4. The fourth-order valence-corrected chi connectivity index (χ4v) is 4.43. The summed E-state index contributed by atoms with van der Waals surface area (Å²) < 4.78 is 0. The van der Waals surface area contributed by atoms with Gasteiger partial charge in [0.25, 0.3) is 0 Å². The van der Waals surface area contributed by atoms with Crippen LogP contribution in [0.15, 0.2) is 91.0 Å². The van der Waals surface area contributed by atoms with Gasteiger partial charge < -0.3 is 0 Å². The molecule has 0 radical (unpaired) electrons. The number of hydrogen-bond acceptors (Lipinski definition) is 1. The Kier molecular flexibility index (Phi) is 4.87. The fraction of sp³-hybridized carbons (Fsp3) is 0.217. The topological polar surface area (TPSA) is 3.24 Å². The van der Waals surface area contributed by atoms with Crippen molar-refractivity contribution in [2.75, 3.05) is 6.54 Å². The van der Waals surface area contributed by atoms with Crippen LogP contribution >= 0.6 is 11.6 Å². The molecule has 1 heterocycles. The number of benzene rings is 3. The Balaban J connectivity index is 1.67. The maximum Gasteiger partial charge on any atom is 0.0613 e. The third-order valence-corrected chi connectivity index (χ3v) is 5.65. The van der Waals surface area contributed by atoms with Gasteiger partial charge in [0.15, 0.2) is 0 Å². The van der Waals surface area contributed by atoms with Crippen molar-refractivity contribution in [3.8, 4) is 0 Å². The van der Waals surface area contributed by atoms with Gasteiger partial charge in [-0.1, -0.05) is 91.0 Å². The van der Waals surface area contributed by atoms with E-state index in [1.165, 1.54) is 16.7 Å². The third kappa shape index (κ3) is 3.49. The van der Waals surface area contributed by atoms with E-state index in [-0.39, 0.29) is 11.4 Å². The van der Waals surface area contributed by atoms with Crippen LogP contribution in [0.25, 0.3) is 0 Å². The molecule has 0 aromatic heterocycles. The van der Waals surface area contributed by atoms with Crippen LogP contribution < -0.4 is 0 Å². The Labute approximate surface area is 154 Å². The second-order valence-electron chi connectivity index (χ2n) is 6.73. The molecule has 0 N–H and O–H groups in total. The summed E-state index contributed by atoms with van der Waals surface area (Å²) in [6, 6.07) is 32.3. The van der Waals surface area contributed by atoms with Gasteiger partial charge in [-0.3, -0.25) is 4.90 Å². The van der Waals surface area contributed by atoms with Gasteiger partial charge in [-0.15, -0.1) is 11.6 Å². The van der Waals surface area contributed by atoms with E-state index < -0.39 is 0 Å². The van der Waals surface area contributed by atoms with E-state index in [0.29, 0.717) is 5.92 Å². The normalized spacial score (nSPS) is 23.6. The highest BCUT2D eigenvalue weighted by Gasteiger charge is 2.41. The zero-order valence-electron chi connectivity index (χ0n) is 14.1. The lowest BCUT2D eigenvalue weighted by Gasteiger charge is -2.26. The Hall–Kier alpha value is -2.09. The van der Waals surface area contributed by atoms with Crippen LogP contribution in [0.2, 0.25) is 0 Å². The second kappa shape index (κ2) is 7.43. The molecule has 1 fully saturated rings. The molecule has 3 atom stereocenters. The number of halogens is 1. The number of nitrogens with zero attached hydrogens (tertiary/aromatic N) is 1. The van der Waals surface area contributed by atoms with Gasteiger partial charge in [-0.05, 0) is 16.7 Å². The Bertz CT molecular complexity index is 788. The maximum atomic E-state index is 7.03. The van der Waals surface area contributed by atoms with Gasteiger partial charge in [-0.2, -0.15) is 0 Å². The molecule has 1 aliphatic heterocycles. The van der Waals surface area contributed by atoms with E-state index in [4.69, 9.17) is 11.6 Å². The van der Waals surface area contributed by atoms with Crippen LogP contribution in [0.3, 0.4) is 0 Å². The summed E-state index contributed by atoms with van der Waals surface area (Å²) >= 11 is 7.03. The van der Waals surface area contributed by atoms with E-state index in [2.05, 4.69) is 95.9 Å². The Morgan fingerprint density at radius 3 is 1.84 bits per heavy atom. The van der Waals surface area contributed by atoms with Gasteiger partial charge in [-0.25, -0.2) is 0 Å². The molecule has 0 amide bonds. The van der Waals surface area contributed by atoms with Crippen molar-refractivity contribution in [2.24, 2.45) is 0 Å². The summed E-state index contributed by atoms with van der Waals surface area (Å²) in [4.78, 5) is 2.53. The molecule has 1 nitrogen and oxygen atoms in total. The number of likely N-dealkylation sites (tertiary alicyclic amines) is 1. The Morgan fingerprint density at radius 1 is 0.720 bits per heavy atom. The predicted molar refractivity (Wildman–Crippen MR) is 105 cm³/mol. The van der Waals surface area contributed by atoms with E-state index in [9.17, 15) is 0 Å². The summed E-state index contributed by atoms with van der Waals surface area (Å²) in [6.07, 6.45) is 0. The fourth-order valence-electron chi connectivity index (χ4n) is 3.90. The molecule has 25 heavy (non-hydrogen) atoms.